The summed E-state index contributed by atoms with van der Waals surface area (Å²) in [5.41, 5.74) is 0.833. The molecule has 0 aliphatic carbocycles. The second-order valence-electron chi connectivity index (χ2n) is 4.62. The molecule has 1 heterocycles. The molecule has 0 saturated carbocycles. The van der Waals surface area contributed by atoms with Crippen molar-refractivity contribution in [2.24, 2.45) is 0 Å². The Morgan fingerprint density at radius 2 is 1.85 bits per heavy atom. The largest absolute Gasteiger partial charge is 0.481 e. The number of halogens is 5. The van der Waals surface area contributed by atoms with Crippen molar-refractivity contribution in [3.63, 3.8) is 0 Å². The number of piperidine rings is 1. The van der Waals surface area contributed by atoms with Gasteiger partial charge in [0.05, 0.1) is 0 Å². The van der Waals surface area contributed by atoms with Crippen LogP contribution in [0.2, 0.25) is 0 Å². The lowest BCUT2D eigenvalue weighted by Crippen LogP contribution is -2.26. The van der Waals surface area contributed by atoms with Crippen LogP contribution in [0.25, 0.3) is 0 Å². The first-order valence-corrected chi connectivity index (χ1v) is 6.15. The molecule has 1 saturated heterocycles. The Hall–Kier alpha value is -1.01. The Labute approximate surface area is 120 Å². The molecule has 20 heavy (non-hydrogen) atoms. The van der Waals surface area contributed by atoms with Gasteiger partial charge in [-0.1, -0.05) is 6.07 Å². The van der Waals surface area contributed by atoms with E-state index in [1.165, 1.54) is 12.1 Å². The molecular weight excluding hydrogens is 298 g/mol. The highest BCUT2D eigenvalue weighted by Gasteiger charge is 2.29. The van der Waals surface area contributed by atoms with Gasteiger partial charge in [0.25, 0.3) is 0 Å². The van der Waals surface area contributed by atoms with Crippen LogP contribution in [0.5, 0.6) is 5.75 Å². The van der Waals surface area contributed by atoms with E-state index in [9.17, 15) is 17.6 Å². The van der Waals surface area contributed by atoms with Crippen LogP contribution in [-0.2, 0) is 0 Å². The van der Waals surface area contributed by atoms with Crippen molar-refractivity contribution in [3.05, 3.63) is 29.6 Å². The Balaban J connectivity index is 0.00000200. The maximum absolute atomic E-state index is 13.4. The van der Waals surface area contributed by atoms with E-state index in [0.717, 1.165) is 31.5 Å². The minimum Gasteiger partial charge on any atom is -0.481 e. The maximum Gasteiger partial charge on any atom is 0.422 e. The molecule has 114 valence electrons. The molecule has 1 aromatic rings. The number of rotatable bonds is 3. The number of hydrogen-bond acceptors (Lipinski definition) is 2. The fraction of sp³-hybridized carbons (Fsp3) is 0.538. The quantitative estimate of drug-likeness (QED) is 0.860. The molecule has 0 unspecified atom stereocenters. The SMILES string of the molecule is Cl.Fc1ccc(C2CCNCC2)cc1OCC(F)(F)F. The van der Waals surface area contributed by atoms with E-state index in [4.69, 9.17) is 0 Å². The van der Waals surface area contributed by atoms with Crippen LogP contribution in [0.15, 0.2) is 18.2 Å². The summed E-state index contributed by atoms with van der Waals surface area (Å²) in [7, 11) is 0. The van der Waals surface area contributed by atoms with Gasteiger partial charge >= 0.3 is 6.18 Å². The van der Waals surface area contributed by atoms with E-state index in [1.807, 2.05) is 0 Å². The fourth-order valence-electron chi connectivity index (χ4n) is 2.20. The Kier molecular flexibility index (Phi) is 6.07. The summed E-state index contributed by atoms with van der Waals surface area (Å²) < 4.78 is 54.1. The lowest BCUT2D eigenvalue weighted by atomic mass is 9.90. The second-order valence-corrected chi connectivity index (χ2v) is 4.62. The van der Waals surface area contributed by atoms with Gasteiger partial charge in [0.2, 0.25) is 0 Å². The third kappa shape index (κ3) is 4.83. The Morgan fingerprint density at radius 3 is 2.45 bits per heavy atom. The molecule has 1 aliphatic heterocycles. The number of alkyl halides is 3. The van der Waals surface area contributed by atoms with Gasteiger partial charge < -0.3 is 10.1 Å². The molecule has 0 bridgehead atoms. The summed E-state index contributed by atoms with van der Waals surface area (Å²) >= 11 is 0. The molecule has 7 heteroatoms. The van der Waals surface area contributed by atoms with Crippen LogP contribution < -0.4 is 10.1 Å². The van der Waals surface area contributed by atoms with Gasteiger partial charge in [-0.2, -0.15) is 13.2 Å². The first-order valence-electron chi connectivity index (χ1n) is 6.15. The van der Waals surface area contributed by atoms with E-state index >= 15 is 0 Å². The molecule has 2 nitrogen and oxygen atoms in total. The van der Waals surface area contributed by atoms with E-state index in [0.29, 0.717) is 0 Å². The number of ether oxygens (including phenoxy) is 1. The van der Waals surface area contributed by atoms with E-state index < -0.39 is 18.6 Å². The standard InChI is InChI=1S/C13H15F4NO.ClH/c14-11-2-1-10(9-3-5-18-6-4-9)7-12(11)19-8-13(15,16)17;/h1-2,7,9,18H,3-6,8H2;1H. The zero-order valence-corrected chi connectivity index (χ0v) is 11.5. The molecule has 0 radical (unpaired) electrons. The molecule has 1 aliphatic rings. The third-order valence-electron chi connectivity index (χ3n) is 3.16. The first kappa shape index (κ1) is 17.0. The zero-order valence-electron chi connectivity index (χ0n) is 10.7. The summed E-state index contributed by atoms with van der Waals surface area (Å²) in [4.78, 5) is 0. The van der Waals surface area contributed by atoms with Gasteiger partial charge in [-0.25, -0.2) is 4.39 Å². The van der Waals surface area contributed by atoms with Crippen molar-refractivity contribution >= 4 is 12.4 Å². The van der Waals surface area contributed by atoms with Crippen molar-refractivity contribution in [1.29, 1.82) is 0 Å². The minimum absolute atomic E-state index is 0. The van der Waals surface area contributed by atoms with Crippen LogP contribution in [0.3, 0.4) is 0 Å². The highest BCUT2D eigenvalue weighted by atomic mass is 35.5. The third-order valence-corrected chi connectivity index (χ3v) is 3.16. The molecule has 1 N–H and O–H groups in total. The summed E-state index contributed by atoms with van der Waals surface area (Å²) in [6.45, 7) is 0.251. The molecule has 0 amide bonds. The topological polar surface area (TPSA) is 21.3 Å². The van der Waals surface area contributed by atoms with Crippen molar-refractivity contribution in [3.8, 4) is 5.75 Å². The van der Waals surface area contributed by atoms with Crippen LogP contribution in [-0.4, -0.2) is 25.9 Å². The minimum atomic E-state index is -4.46. The van der Waals surface area contributed by atoms with Gasteiger partial charge in [0.1, 0.15) is 0 Å². The highest BCUT2D eigenvalue weighted by Crippen LogP contribution is 2.30. The van der Waals surface area contributed by atoms with Crippen molar-refractivity contribution < 1.29 is 22.3 Å². The van der Waals surface area contributed by atoms with E-state index in [-0.39, 0.29) is 24.1 Å². The fourth-order valence-corrected chi connectivity index (χ4v) is 2.20. The Morgan fingerprint density at radius 1 is 1.20 bits per heavy atom. The molecule has 0 spiro atoms. The van der Waals surface area contributed by atoms with E-state index in [1.54, 1.807) is 6.07 Å². The van der Waals surface area contributed by atoms with E-state index in [2.05, 4.69) is 10.1 Å². The lowest BCUT2D eigenvalue weighted by Gasteiger charge is -2.23. The monoisotopic (exact) mass is 313 g/mol. The average molecular weight is 314 g/mol. The second kappa shape index (κ2) is 7.13. The smallest absolute Gasteiger partial charge is 0.422 e. The summed E-state index contributed by atoms with van der Waals surface area (Å²) in [5, 5.41) is 3.20. The predicted molar refractivity (Wildman–Crippen MR) is 70.0 cm³/mol. The van der Waals surface area contributed by atoms with Gasteiger partial charge in [-0.05, 0) is 49.5 Å². The molecule has 1 fully saturated rings. The zero-order chi connectivity index (χ0) is 13.9. The lowest BCUT2D eigenvalue weighted by molar-refractivity contribution is -0.153. The summed E-state index contributed by atoms with van der Waals surface area (Å²) in [6, 6.07) is 4.17. The molecule has 0 atom stereocenters. The number of benzene rings is 1. The van der Waals surface area contributed by atoms with Crippen molar-refractivity contribution in [1.82, 2.24) is 5.32 Å². The maximum atomic E-state index is 13.4. The van der Waals surface area contributed by atoms with Gasteiger partial charge in [0, 0.05) is 0 Å². The van der Waals surface area contributed by atoms with Crippen LogP contribution in [0.1, 0.15) is 24.3 Å². The van der Waals surface area contributed by atoms with Gasteiger partial charge in [0.15, 0.2) is 18.2 Å². The molecule has 0 aromatic heterocycles. The first-order chi connectivity index (χ1) is 8.96. The van der Waals surface area contributed by atoms with Gasteiger partial charge in [-0.15, -0.1) is 12.4 Å². The van der Waals surface area contributed by atoms with Crippen LogP contribution in [0, 0.1) is 5.82 Å². The van der Waals surface area contributed by atoms with Crippen LogP contribution in [0.4, 0.5) is 17.6 Å². The van der Waals surface area contributed by atoms with Crippen molar-refractivity contribution in [2.75, 3.05) is 19.7 Å². The number of hydrogen-bond donors (Lipinski definition) is 1. The highest BCUT2D eigenvalue weighted by molar-refractivity contribution is 5.85. The average Bonchev–Trinajstić information content (AvgIpc) is 2.38. The molecular formula is C13H16ClF4NO. The number of nitrogens with one attached hydrogen (secondary N) is 1. The van der Waals surface area contributed by atoms with Crippen LogP contribution >= 0.6 is 12.4 Å². The summed E-state index contributed by atoms with van der Waals surface area (Å²) in [6.07, 6.45) is -2.67. The predicted octanol–water partition coefficient (Wildman–Crippen LogP) is 3.66. The van der Waals surface area contributed by atoms with Gasteiger partial charge in [-0.3, -0.25) is 0 Å². The normalized spacial score (nSPS) is 16.6. The summed E-state index contributed by atoms with van der Waals surface area (Å²) in [5.74, 6) is -0.842. The Bertz CT molecular complexity index is 433. The van der Waals surface area contributed by atoms with Crippen molar-refractivity contribution in [2.45, 2.75) is 24.9 Å². The molecule has 1 aromatic carbocycles. The molecule has 2 rings (SSSR count).